The number of hydrogen-bond acceptors (Lipinski definition) is 7. The number of nitrogens with zero attached hydrogens (tertiary/aromatic N) is 6. The number of imidazole rings is 1. The summed E-state index contributed by atoms with van der Waals surface area (Å²) in [6.07, 6.45) is 1.60. The van der Waals surface area contributed by atoms with Crippen LogP contribution in [0.3, 0.4) is 0 Å². The third-order valence-corrected chi connectivity index (χ3v) is 7.68. The number of benzene rings is 1. The maximum Gasteiger partial charge on any atom is 0.416 e. The summed E-state index contributed by atoms with van der Waals surface area (Å²) < 4.78 is 41.0. The number of nitrogens with one attached hydrogen (secondary N) is 1. The van der Waals surface area contributed by atoms with Gasteiger partial charge < -0.3 is 16.0 Å². The Morgan fingerprint density at radius 2 is 1.85 bits per heavy atom. The molecule has 0 spiro atoms. The number of rotatable bonds is 4. The van der Waals surface area contributed by atoms with Crippen LogP contribution in [-0.4, -0.2) is 73.7 Å². The van der Waals surface area contributed by atoms with Crippen LogP contribution in [0.1, 0.15) is 40.5 Å². The number of anilines is 2. The highest BCUT2D eigenvalue weighted by Gasteiger charge is 2.38. The number of fused-ring (bicyclic) bond motifs is 2. The molecule has 3 N–H and O–H groups in total. The number of hydrogen-bond donors (Lipinski definition) is 2. The van der Waals surface area contributed by atoms with Crippen LogP contribution in [0.25, 0.3) is 16.8 Å². The molecule has 2 unspecified atom stereocenters. The molecule has 0 radical (unpaired) electrons. The van der Waals surface area contributed by atoms with E-state index in [0.29, 0.717) is 35.7 Å². The maximum atomic E-state index is 13.0. The van der Waals surface area contributed by atoms with Gasteiger partial charge in [0.2, 0.25) is 5.91 Å². The molecule has 3 aromatic heterocycles. The second-order valence-electron chi connectivity index (χ2n) is 10.5. The Labute approximate surface area is 233 Å². The van der Waals surface area contributed by atoms with Crippen molar-refractivity contribution in [3.63, 3.8) is 0 Å². The lowest BCUT2D eigenvalue weighted by molar-refractivity contribution is -0.141. The van der Waals surface area contributed by atoms with Crippen molar-refractivity contribution in [1.29, 1.82) is 0 Å². The number of alkyl halides is 3. The van der Waals surface area contributed by atoms with Gasteiger partial charge in [-0.15, -0.1) is 0 Å². The van der Waals surface area contributed by atoms with Gasteiger partial charge in [0.15, 0.2) is 0 Å². The Morgan fingerprint density at radius 3 is 2.61 bits per heavy atom. The summed E-state index contributed by atoms with van der Waals surface area (Å²) in [5.41, 5.74) is 7.52. The Morgan fingerprint density at radius 1 is 1.07 bits per heavy atom. The van der Waals surface area contributed by atoms with Crippen LogP contribution in [0.15, 0.2) is 55.0 Å². The predicted octanol–water partition coefficient (Wildman–Crippen LogP) is 3.66. The SMILES string of the molecule is CN1CC(=O)N2CC(c3nc(-c4ccc(C(=O)Nc5cc(C(F)(F)F)ccn5)cc4)c4c(N)nccn34)CCC2C1. The van der Waals surface area contributed by atoms with Crippen molar-refractivity contribution < 1.29 is 22.8 Å². The Kier molecular flexibility index (Phi) is 6.60. The smallest absolute Gasteiger partial charge is 0.382 e. The second-order valence-corrected chi connectivity index (χ2v) is 10.5. The molecule has 2 amide bonds. The molecule has 2 aliphatic rings. The highest BCUT2D eigenvalue weighted by atomic mass is 19.4. The fourth-order valence-electron chi connectivity index (χ4n) is 5.70. The Hall–Kier alpha value is -4.52. The summed E-state index contributed by atoms with van der Waals surface area (Å²) in [4.78, 5) is 42.6. The number of amides is 2. The number of nitrogen functional groups attached to an aromatic ring is 1. The lowest BCUT2D eigenvalue weighted by Crippen LogP contribution is -2.58. The number of carbonyl (C=O) groups excluding carboxylic acids is 2. The van der Waals surface area contributed by atoms with Gasteiger partial charge in [-0.05, 0) is 44.2 Å². The van der Waals surface area contributed by atoms with Crippen LogP contribution >= 0.6 is 0 Å². The van der Waals surface area contributed by atoms with Crippen LogP contribution in [0.2, 0.25) is 0 Å². The van der Waals surface area contributed by atoms with Crippen molar-refractivity contribution in [1.82, 2.24) is 29.2 Å². The Balaban J connectivity index is 1.27. The standard InChI is InChI=1S/C28H27F3N8O2/c1-37-14-20-7-6-18(13-39(20)22(40)15-37)26-36-23(24-25(32)34-10-11-38(24)26)16-2-4-17(5-3-16)27(41)35-21-12-19(8-9-33-21)28(29,30)31/h2-5,8-12,18,20H,6-7,13-15H2,1H3,(H2,32,34)(H,33,35,41). The molecule has 0 bridgehead atoms. The molecule has 0 aliphatic carbocycles. The lowest BCUT2D eigenvalue weighted by atomic mass is 9.90. The topological polar surface area (TPSA) is 122 Å². The summed E-state index contributed by atoms with van der Waals surface area (Å²) in [5, 5.41) is 2.41. The van der Waals surface area contributed by atoms with E-state index in [4.69, 9.17) is 10.7 Å². The molecule has 13 heteroatoms. The summed E-state index contributed by atoms with van der Waals surface area (Å²) in [6, 6.07) is 8.34. The average Bonchev–Trinajstić information content (AvgIpc) is 3.34. The van der Waals surface area contributed by atoms with E-state index in [0.717, 1.165) is 43.5 Å². The summed E-state index contributed by atoms with van der Waals surface area (Å²) >= 11 is 0. The monoisotopic (exact) mass is 564 g/mol. The summed E-state index contributed by atoms with van der Waals surface area (Å²) in [7, 11) is 1.96. The number of carbonyl (C=O) groups is 2. The highest BCUT2D eigenvalue weighted by molar-refractivity contribution is 6.04. The van der Waals surface area contributed by atoms with Gasteiger partial charge in [-0.25, -0.2) is 15.0 Å². The van der Waals surface area contributed by atoms with Crippen LogP contribution in [0, 0.1) is 0 Å². The average molecular weight is 565 g/mol. The van der Waals surface area contributed by atoms with Gasteiger partial charge >= 0.3 is 6.18 Å². The van der Waals surface area contributed by atoms with E-state index >= 15 is 0 Å². The van der Waals surface area contributed by atoms with E-state index in [1.807, 2.05) is 16.3 Å². The van der Waals surface area contributed by atoms with Crippen LogP contribution < -0.4 is 11.1 Å². The minimum absolute atomic E-state index is 0.00617. The van der Waals surface area contributed by atoms with E-state index in [9.17, 15) is 22.8 Å². The van der Waals surface area contributed by atoms with Gasteiger partial charge in [-0.2, -0.15) is 13.2 Å². The van der Waals surface area contributed by atoms with Crippen molar-refractivity contribution in [3.05, 3.63) is 71.9 Å². The van der Waals surface area contributed by atoms with E-state index in [1.165, 1.54) is 0 Å². The van der Waals surface area contributed by atoms with E-state index < -0.39 is 17.6 Å². The lowest BCUT2D eigenvalue weighted by Gasteiger charge is -2.44. The molecule has 4 aromatic rings. The third-order valence-electron chi connectivity index (χ3n) is 7.68. The molecule has 6 rings (SSSR count). The molecule has 2 aliphatic heterocycles. The molecule has 10 nitrogen and oxygen atoms in total. The van der Waals surface area contributed by atoms with Gasteiger partial charge in [-0.1, -0.05) is 12.1 Å². The van der Waals surface area contributed by atoms with Crippen molar-refractivity contribution >= 4 is 29.0 Å². The fraction of sp³-hybridized carbons (Fsp3) is 0.321. The van der Waals surface area contributed by atoms with Gasteiger partial charge in [0.1, 0.15) is 28.7 Å². The van der Waals surface area contributed by atoms with Crippen LogP contribution in [0.4, 0.5) is 24.8 Å². The number of piperidine rings is 1. The van der Waals surface area contributed by atoms with Gasteiger partial charge in [0, 0.05) is 54.8 Å². The molecule has 5 heterocycles. The third kappa shape index (κ3) is 5.08. The molecule has 2 saturated heterocycles. The predicted molar refractivity (Wildman–Crippen MR) is 145 cm³/mol. The first-order chi connectivity index (χ1) is 19.6. The molecule has 1 aromatic carbocycles. The first-order valence-corrected chi connectivity index (χ1v) is 13.1. The van der Waals surface area contributed by atoms with Crippen LogP contribution in [0.5, 0.6) is 0 Å². The molecule has 212 valence electrons. The Bertz CT molecular complexity index is 1640. The summed E-state index contributed by atoms with van der Waals surface area (Å²) in [6.45, 7) is 1.82. The number of halogens is 3. The van der Waals surface area contributed by atoms with Crippen molar-refractivity contribution in [3.8, 4) is 11.3 Å². The van der Waals surface area contributed by atoms with E-state index in [1.54, 1.807) is 36.7 Å². The quantitative estimate of drug-likeness (QED) is 0.388. The molecular weight excluding hydrogens is 537 g/mol. The number of pyridine rings is 1. The largest absolute Gasteiger partial charge is 0.416 e. The number of nitrogens with two attached hydrogens (primary N) is 1. The van der Waals surface area contributed by atoms with Crippen molar-refractivity contribution in [2.45, 2.75) is 31.0 Å². The highest BCUT2D eigenvalue weighted by Crippen LogP contribution is 2.36. The van der Waals surface area contributed by atoms with Gasteiger partial charge in [0.05, 0.1) is 12.1 Å². The minimum atomic E-state index is -4.55. The summed E-state index contributed by atoms with van der Waals surface area (Å²) in [5.74, 6) is 0.394. The molecule has 2 fully saturated rings. The first kappa shape index (κ1) is 26.7. The molecule has 2 atom stereocenters. The molecule has 0 saturated carbocycles. The zero-order chi connectivity index (χ0) is 28.9. The fourth-order valence-corrected chi connectivity index (χ4v) is 5.70. The first-order valence-electron chi connectivity index (χ1n) is 13.1. The second kappa shape index (κ2) is 10.1. The van der Waals surface area contributed by atoms with E-state index in [-0.39, 0.29) is 29.2 Å². The van der Waals surface area contributed by atoms with E-state index in [2.05, 4.69) is 20.2 Å². The zero-order valence-corrected chi connectivity index (χ0v) is 22.1. The number of piperazine rings is 1. The normalized spacial score (nSPS) is 19.8. The van der Waals surface area contributed by atoms with Gasteiger partial charge in [-0.3, -0.25) is 18.9 Å². The van der Waals surface area contributed by atoms with Crippen molar-refractivity contribution in [2.75, 3.05) is 37.7 Å². The van der Waals surface area contributed by atoms with Gasteiger partial charge in [0.25, 0.3) is 5.91 Å². The molecule has 41 heavy (non-hydrogen) atoms. The number of likely N-dealkylation sites (N-methyl/N-ethyl adjacent to an activating group) is 1. The zero-order valence-electron chi connectivity index (χ0n) is 22.1. The maximum absolute atomic E-state index is 13.0. The number of aromatic nitrogens is 4. The molecular formula is C28H27F3N8O2. The van der Waals surface area contributed by atoms with Crippen molar-refractivity contribution in [2.24, 2.45) is 0 Å². The van der Waals surface area contributed by atoms with Crippen LogP contribution in [-0.2, 0) is 11.0 Å². The minimum Gasteiger partial charge on any atom is -0.382 e.